The summed E-state index contributed by atoms with van der Waals surface area (Å²) < 4.78 is 48.4. The molecule has 0 aromatic heterocycles. The second kappa shape index (κ2) is 11.3. The zero-order valence-electron chi connectivity index (χ0n) is 17.4. The van der Waals surface area contributed by atoms with Gasteiger partial charge in [-0.3, -0.25) is 0 Å². The van der Waals surface area contributed by atoms with Gasteiger partial charge in [0, 0.05) is 22.8 Å². The molecule has 0 radical (unpaired) electrons. The molecule has 0 N–H and O–H groups in total. The highest BCUT2D eigenvalue weighted by Crippen LogP contribution is 2.30. The van der Waals surface area contributed by atoms with Crippen molar-refractivity contribution in [3.8, 4) is 22.6 Å². The Balaban J connectivity index is 2.03. The summed E-state index contributed by atoms with van der Waals surface area (Å²) in [4.78, 5) is 22.5. The van der Waals surface area contributed by atoms with E-state index in [0.717, 1.165) is 37.2 Å². The van der Waals surface area contributed by atoms with Gasteiger partial charge in [-0.2, -0.15) is 0 Å². The number of ether oxygens (including phenoxy) is 4. The van der Waals surface area contributed by atoms with Gasteiger partial charge in [0.2, 0.25) is 0 Å². The number of rotatable bonds is 9. The van der Waals surface area contributed by atoms with Gasteiger partial charge < -0.3 is 18.9 Å². The highest BCUT2D eigenvalue weighted by molar-refractivity contribution is 5.87. The van der Waals surface area contributed by atoms with E-state index in [1.807, 2.05) is 0 Å². The highest BCUT2D eigenvalue weighted by Gasteiger charge is 2.13. The molecule has 0 amide bonds. The summed E-state index contributed by atoms with van der Waals surface area (Å²) >= 11 is 0. The minimum atomic E-state index is -0.820. The van der Waals surface area contributed by atoms with Gasteiger partial charge >= 0.3 is 11.9 Å². The van der Waals surface area contributed by atoms with Crippen LogP contribution in [0.1, 0.15) is 13.8 Å². The van der Waals surface area contributed by atoms with Crippen molar-refractivity contribution in [2.45, 2.75) is 13.8 Å². The van der Waals surface area contributed by atoms with E-state index in [1.165, 1.54) is 38.1 Å². The lowest BCUT2D eigenvalue weighted by atomic mass is 10.0. The summed E-state index contributed by atoms with van der Waals surface area (Å²) in [6.45, 7) is 9.81. The average Bonchev–Trinajstić information content (AvgIpc) is 2.76. The second-order valence-corrected chi connectivity index (χ2v) is 6.44. The number of esters is 2. The molecule has 0 saturated heterocycles. The van der Waals surface area contributed by atoms with Crippen LogP contribution in [0.2, 0.25) is 0 Å². The Hall–Kier alpha value is -4.20. The van der Waals surface area contributed by atoms with Gasteiger partial charge in [-0.15, -0.1) is 0 Å². The number of hydrogen-bond acceptors (Lipinski definition) is 6. The molecule has 2 rings (SSSR count). The first kappa shape index (κ1) is 24.1. The normalized spacial score (nSPS) is 10.8. The van der Waals surface area contributed by atoms with E-state index in [9.17, 15) is 18.4 Å². The molecule has 0 saturated carbocycles. The van der Waals surface area contributed by atoms with Crippen molar-refractivity contribution in [1.29, 1.82) is 0 Å². The summed E-state index contributed by atoms with van der Waals surface area (Å²) in [5.41, 5.74) is 0.815. The SMILES string of the molecule is C=C(C)C(=O)O/C=C\Oc1ccc(-c2cc(F)c(O/C=C\OC(=O)C(=C)C)cc2F)cc1. The molecule has 0 bridgehead atoms. The molecular formula is C24H20F2O6. The van der Waals surface area contributed by atoms with E-state index in [-0.39, 0.29) is 22.5 Å². The monoisotopic (exact) mass is 442 g/mol. The molecule has 0 heterocycles. The van der Waals surface area contributed by atoms with Gasteiger partial charge in [0.15, 0.2) is 11.6 Å². The van der Waals surface area contributed by atoms with Crippen LogP contribution in [0.3, 0.4) is 0 Å². The third-order valence-electron chi connectivity index (χ3n) is 3.74. The van der Waals surface area contributed by atoms with Crippen molar-refractivity contribution in [2.75, 3.05) is 0 Å². The molecular weight excluding hydrogens is 422 g/mol. The van der Waals surface area contributed by atoms with Crippen LogP contribution in [0.25, 0.3) is 11.1 Å². The number of carbonyl (C=O) groups is 2. The topological polar surface area (TPSA) is 71.1 Å². The molecule has 8 heteroatoms. The Morgan fingerprint density at radius 1 is 0.781 bits per heavy atom. The van der Waals surface area contributed by atoms with Crippen LogP contribution < -0.4 is 9.47 Å². The third kappa shape index (κ3) is 6.94. The van der Waals surface area contributed by atoms with Crippen LogP contribution in [-0.2, 0) is 19.1 Å². The molecule has 6 nitrogen and oxygen atoms in total. The molecule has 166 valence electrons. The lowest BCUT2D eigenvalue weighted by Gasteiger charge is -2.08. The van der Waals surface area contributed by atoms with Gasteiger partial charge in [-0.05, 0) is 37.6 Å². The summed E-state index contributed by atoms with van der Waals surface area (Å²) in [5, 5.41) is 0. The predicted molar refractivity (Wildman–Crippen MR) is 113 cm³/mol. The number of carbonyl (C=O) groups excluding carboxylic acids is 2. The van der Waals surface area contributed by atoms with Crippen LogP contribution in [0.5, 0.6) is 11.5 Å². The lowest BCUT2D eigenvalue weighted by Crippen LogP contribution is -2.00. The quantitative estimate of drug-likeness (QED) is 0.287. The number of halogens is 2. The number of hydrogen-bond donors (Lipinski definition) is 0. The molecule has 2 aromatic carbocycles. The first-order chi connectivity index (χ1) is 15.2. The fraction of sp³-hybridized carbons (Fsp3) is 0.0833. The van der Waals surface area contributed by atoms with Crippen molar-refractivity contribution in [1.82, 2.24) is 0 Å². The number of benzene rings is 2. The Labute approximate surface area is 183 Å². The highest BCUT2D eigenvalue weighted by atomic mass is 19.1. The van der Waals surface area contributed by atoms with Crippen LogP contribution in [0.15, 0.2) is 85.8 Å². The molecule has 0 spiro atoms. The maximum absolute atomic E-state index is 14.5. The molecule has 0 aliphatic carbocycles. The lowest BCUT2D eigenvalue weighted by molar-refractivity contribution is -0.134. The third-order valence-corrected chi connectivity index (χ3v) is 3.74. The Morgan fingerprint density at radius 2 is 1.31 bits per heavy atom. The fourth-order valence-electron chi connectivity index (χ4n) is 2.14. The predicted octanol–water partition coefficient (Wildman–Crippen LogP) is 5.57. The van der Waals surface area contributed by atoms with E-state index in [1.54, 1.807) is 0 Å². The van der Waals surface area contributed by atoms with Crippen LogP contribution in [0.4, 0.5) is 8.78 Å². The van der Waals surface area contributed by atoms with Crippen molar-refractivity contribution in [2.24, 2.45) is 0 Å². The maximum Gasteiger partial charge on any atom is 0.338 e. The van der Waals surface area contributed by atoms with E-state index >= 15 is 0 Å². The largest absolute Gasteiger partial charge is 0.462 e. The van der Waals surface area contributed by atoms with Gasteiger partial charge in [0.05, 0.1) is 0 Å². The minimum Gasteiger partial charge on any atom is -0.462 e. The van der Waals surface area contributed by atoms with Gasteiger partial charge in [0.1, 0.15) is 36.6 Å². The zero-order valence-corrected chi connectivity index (χ0v) is 17.4. The van der Waals surface area contributed by atoms with Crippen LogP contribution >= 0.6 is 0 Å². The standard InChI is InChI=1S/C24H20F2O6/c1-15(2)23(27)31-11-9-29-18-7-5-17(6-8-18)19-13-21(26)22(14-20(19)25)30-10-12-32-24(28)16(3)4/h5-14H,1,3H2,2,4H3/b11-9-,12-10-. The first-order valence-electron chi connectivity index (χ1n) is 9.15. The molecule has 0 atom stereocenters. The molecule has 0 fully saturated rings. The van der Waals surface area contributed by atoms with Crippen molar-refractivity contribution < 1.29 is 37.3 Å². The van der Waals surface area contributed by atoms with E-state index in [0.29, 0.717) is 11.3 Å². The molecule has 0 aliphatic rings. The Kier molecular flexibility index (Phi) is 8.47. The summed E-state index contributed by atoms with van der Waals surface area (Å²) in [6.07, 6.45) is 4.02. The van der Waals surface area contributed by atoms with E-state index in [2.05, 4.69) is 17.9 Å². The second-order valence-electron chi connectivity index (χ2n) is 6.44. The van der Waals surface area contributed by atoms with Crippen molar-refractivity contribution >= 4 is 11.9 Å². The smallest absolute Gasteiger partial charge is 0.338 e. The molecule has 0 aliphatic heterocycles. The van der Waals surface area contributed by atoms with Crippen LogP contribution in [-0.4, -0.2) is 11.9 Å². The van der Waals surface area contributed by atoms with Crippen molar-refractivity contribution in [3.05, 3.63) is 97.4 Å². The van der Waals surface area contributed by atoms with Gasteiger partial charge in [0.25, 0.3) is 0 Å². The van der Waals surface area contributed by atoms with Crippen LogP contribution in [0, 0.1) is 11.6 Å². The van der Waals surface area contributed by atoms with Gasteiger partial charge in [-0.1, -0.05) is 25.3 Å². The van der Waals surface area contributed by atoms with Crippen molar-refractivity contribution in [3.63, 3.8) is 0 Å². The Bertz CT molecular complexity index is 1080. The summed E-state index contributed by atoms with van der Waals surface area (Å²) in [7, 11) is 0. The molecule has 0 unspecified atom stereocenters. The van der Waals surface area contributed by atoms with Gasteiger partial charge in [-0.25, -0.2) is 18.4 Å². The fourth-order valence-corrected chi connectivity index (χ4v) is 2.14. The summed E-state index contributed by atoms with van der Waals surface area (Å²) in [6, 6.07) is 7.96. The summed E-state index contributed by atoms with van der Waals surface area (Å²) in [5.74, 6) is -2.82. The van der Waals surface area contributed by atoms with E-state index in [4.69, 9.17) is 14.2 Å². The first-order valence-corrected chi connectivity index (χ1v) is 9.15. The average molecular weight is 442 g/mol. The van der Waals surface area contributed by atoms with E-state index < -0.39 is 23.6 Å². The minimum absolute atomic E-state index is 0.00465. The maximum atomic E-state index is 14.5. The molecule has 2 aromatic rings. The molecule has 32 heavy (non-hydrogen) atoms. The Morgan fingerprint density at radius 3 is 1.84 bits per heavy atom. The zero-order chi connectivity index (χ0) is 23.7.